The van der Waals surface area contributed by atoms with Gasteiger partial charge in [-0.15, -0.1) is 0 Å². The third-order valence-electron chi connectivity index (χ3n) is 2.93. The summed E-state index contributed by atoms with van der Waals surface area (Å²) in [5.41, 5.74) is 4.20. The molecule has 2 heteroatoms. The van der Waals surface area contributed by atoms with E-state index in [2.05, 4.69) is 47.2 Å². The molecule has 0 spiro atoms. The van der Waals surface area contributed by atoms with Crippen molar-refractivity contribution in [2.45, 2.75) is 26.2 Å². The summed E-state index contributed by atoms with van der Waals surface area (Å²) >= 11 is 3.70. The molecule has 1 aliphatic heterocycles. The maximum Gasteiger partial charge on any atom is 0.0240 e. The quantitative estimate of drug-likeness (QED) is 0.811. The zero-order chi connectivity index (χ0) is 10.1. The third kappa shape index (κ3) is 1.86. The van der Waals surface area contributed by atoms with E-state index in [9.17, 15) is 0 Å². The number of rotatable bonds is 1. The summed E-state index contributed by atoms with van der Waals surface area (Å²) in [4.78, 5) is 0. The highest BCUT2D eigenvalue weighted by atomic mass is 79.9. The van der Waals surface area contributed by atoms with Crippen molar-refractivity contribution in [1.29, 1.82) is 0 Å². The molecule has 1 fully saturated rings. The highest BCUT2D eigenvalue weighted by molar-refractivity contribution is 9.10. The molecule has 14 heavy (non-hydrogen) atoms. The van der Waals surface area contributed by atoms with E-state index in [1.54, 1.807) is 0 Å². The molecule has 0 bridgehead atoms. The topological polar surface area (TPSA) is 12.0 Å². The van der Waals surface area contributed by atoms with Gasteiger partial charge in [-0.1, -0.05) is 33.6 Å². The zero-order valence-corrected chi connectivity index (χ0v) is 10.3. The van der Waals surface area contributed by atoms with E-state index in [4.69, 9.17) is 0 Å². The minimum absolute atomic E-state index is 0.697. The lowest BCUT2D eigenvalue weighted by molar-refractivity contribution is 0.757. The van der Waals surface area contributed by atoms with Crippen LogP contribution in [0.3, 0.4) is 0 Å². The van der Waals surface area contributed by atoms with Crippen LogP contribution < -0.4 is 5.32 Å². The Labute approximate surface area is 94.0 Å². The van der Waals surface area contributed by atoms with Crippen LogP contribution in [0.25, 0.3) is 0 Å². The van der Waals surface area contributed by atoms with Gasteiger partial charge in [-0.05, 0) is 43.9 Å². The van der Waals surface area contributed by atoms with Crippen LogP contribution >= 0.6 is 15.9 Å². The normalized spacial score (nSPS) is 21.5. The largest absolute Gasteiger partial charge is 0.316 e. The maximum atomic E-state index is 3.70. The minimum atomic E-state index is 0.697. The summed E-state index contributed by atoms with van der Waals surface area (Å²) in [6.07, 6.45) is 1.27. The first kappa shape index (κ1) is 10.2. The summed E-state index contributed by atoms with van der Waals surface area (Å²) in [5, 5.41) is 3.42. The number of halogens is 1. The molecule has 0 aromatic heterocycles. The zero-order valence-electron chi connectivity index (χ0n) is 8.73. The van der Waals surface area contributed by atoms with Crippen molar-refractivity contribution in [3.05, 3.63) is 33.3 Å². The Morgan fingerprint density at radius 3 is 2.79 bits per heavy atom. The first-order chi connectivity index (χ1) is 6.68. The van der Waals surface area contributed by atoms with Gasteiger partial charge in [-0.25, -0.2) is 0 Å². The van der Waals surface area contributed by atoms with Gasteiger partial charge in [0.2, 0.25) is 0 Å². The van der Waals surface area contributed by atoms with Crippen LogP contribution in [0.2, 0.25) is 0 Å². The molecule has 1 saturated heterocycles. The van der Waals surface area contributed by atoms with Gasteiger partial charge in [0, 0.05) is 11.0 Å². The molecule has 1 aliphatic rings. The second kappa shape index (κ2) is 4.03. The van der Waals surface area contributed by atoms with Gasteiger partial charge in [0.15, 0.2) is 0 Å². The second-order valence-corrected chi connectivity index (χ2v) is 4.97. The number of hydrogen-bond donors (Lipinski definition) is 1. The van der Waals surface area contributed by atoms with Gasteiger partial charge >= 0.3 is 0 Å². The molecular formula is C12H16BrN. The summed E-state index contributed by atoms with van der Waals surface area (Å²) in [7, 11) is 0. The maximum absolute atomic E-state index is 3.70. The molecular weight excluding hydrogens is 238 g/mol. The molecule has 1 aromatic carbocycles. The van der Waals surface area contributed by atoms with E-state index in [0.717, 1.165) is 13.1 Å². The predicted molar refractivity (Wildman–Crippen MR) is 63.8 cm³/mol. The Kier molecular flexibility index (Phi) is 2.93. The van der Waals surface area contributed by atoms with Crippen LogP contribution in [0.15, 0.2) is 16.6 Å². The summed E-state index contributed by atoms with van der Waals surface area (Å²) in [6, 6.07) is 4.55. The number of benzene rings is 1. The highest BCUT2D eigenvalue weighted by Gasteiger charge is 2.19. The summed E-state index contributed by atoms with van der Waals surface area (Å²) in [5.74, 6) is 0.697. The van der Waals surface area contributed by atoms with Crippen molar-refractivity contribution in [2.75, 3.05) is 13.1 Å². The highest BCUT2D eigenvalue weighted by Crippen LogP contribution is 2.32. The molecule has 76 valence electrons. The fourth-order valence-electron chi connectivity index (χ4n) is 2.20. The average molecular weight is 254 g/mol. The Balaban J connectivity index is 2.40. The molecule has 1 atom stereocenters. The molecule has 2 rings (SSSR count). The van der Waals surface area contributed by atoms with Crippen LogP contribution in [-0.4, -0.2) is 13.1 Å². The third-order valence-corrected chi connectivity index (χ3v) is 4.01. The lowest BCUT2D eigenvalue weighted by Gasteiger charge is -2.14. The SMILES string of the molecule is Cc1cc(C)c(Br)c(C2CCNC2)c1. The molecule has 0 saturated carbocycles. The Bertz CT molecular complexity index is 340. The minimum Gasteiger partial charge on any atom is -0.316 e. The van der Waals surface area contributed by atoms with E-state index in [0.29, 0.717) is 5.92 Å². The summed E-state index contributed by atoms with van der Waals surface area (Å²) in [6.45, 7) is 6.62. The van der Waals surface area contributed by atoms with Crippen molar-refractivity contribution in [2.24, 2.45) is 0 Å². The van der Waals surface area contributed by atoms with E-state index >= 15 is 0 Å². The van der Waals surface area contributed by atoms with Crippen LogP contribution in [0.4, 0.5) is 0 Å². The number of hydrogen-bond acceptors (Lipinski definition) is 1. The first-order valence-electron chi connectivity index (χ1n) is 5.16. The van der Waals surface area contributed by atoms with Crippen LogP contribution in [0.5, 0.6) is 0 Å². The van der Waals surface area contributed by atoms with Gasteiger partial charge in [-0.3, -0.25) is 0 Å². The molecule has 0 amide bonds. The fraction of sp³-hybridized carbons (Fsp3) is 0.500. The molecule has 1 N–H and O–H groups in total. The molecule has 1 unspecified atom stereocenters. The second-order valence-electron chi connectivity index (χ2n) is 4.17. The van der Waals surface area contributed by atoms with Crippen molar-refractivity contribution >= 4 is 15.9 Å². The smallest absolute Gasteiger partial charge is 0.0240 e. The van der Waals surface area contributed by atoms with Crippen molar-refractivity contribution < 1.29 is 0 Å². The molecule has 0 aliphatic carbocycles. The van der Waals surface area contributed by atoms with Crippen LogP contribution in [0, 0.1) is 13.8 Å². The van der Waals surface area contributed by atoms with Crippen LogP contribution in [0.1, 0.15) is 29.0 Å². The lowest BCUT2D eigenvalue weighted by atomic mass is 9.95. The number of nitrogens with one attached hydrogen (secondary N) is 1. The fourth-order valence-corrected chi connectivity index (χ4v) is 2.75. The van der Waals surface area contributed by atoms with E-state index in [1.165, 1.54) is 27.6 Å². The van der Waals surface area contributed by atoms with Crippen LogP contribution in [-0.2, 0) is 0 Å². The monoisotopic (exact) mass is 253 g/mol. The van der Waals surface area contributed by atoms with Crippen molar-refractivity contribution in [1.82, 2.24) is 5.32 Å². The van der Waals surface area contributed by atoms with Crippen molar-refractivity contribution in [3.8, 4) is 0 Å². The van der Waals surface area contributed by atoms with Crippen molar-refractivity contribution in [3.63, 3.8) is 0 Å². The molecule has 1 heterocycles. The first-order valence-corrected chi connectivity index (χ1v) is 5.95. The average Bonchev–Trinajstić information content (AvgIpc) is 2.63. The molecule has 1 nitrogen and oxygen atoms in total. The lowest BCUT2D eigenvalue weighted by Crippen LogP contribution is -2.08. The van der Waals surface area contributed by atoms with Gasteiger partial charge in [0.25, 0.3) is 0 Å². The number of aryl methyl sites for hydroxylation is 2. The van der Waals surface area contributed by atoms with E-state index in [-0.39, 0.29) is 0 Å². The van der Waals surface area contributed by atoms with Gasteiger partial charge < -0.3 is 5.32 Å². The predicted octanol–water partition coefficient (Wildman–Crippen LogP) is 3.14. The summed E-state index contributed by atoms with van der Waals surface area (Å²) < 4.78 is 1.30. The Hall–Kier alpha value is -0.340. The molecule has 0 radical (unpaired) electrons. The van der Waals surface area contributed by atoms with Gasteiger partial charge in [0.1, 0.15) is 0 Å². The standard InChI is InChI=1S/C12H16BrN/c1-8-5-9(2)12(13)11(6-8)10-3-4-14-7-10/h5-6,10,14H,3-4,7H2,1-2H3. The Morgan fingerprint density at radius 2 is 2.14 bits per heavy atom. The Morgan fingerprint density at radius 1 is 1.36 bits per heavy atom. The van der Waals surface area contributed by atoms with E-state index < -0.39 is 0 Å². The van der Waals surface area contributed by atoms with Gasteiger partial charge in [0.05, 0.1) is 0 Å². The van der Waals surface area contributed by atoms with Gasteiger partial charge in [-0.2, -0.15) is 0 Å². The van der Waals surface area contributed by atoms with E-state index in [1.807, 2.05) is 0 Å². The molecule has 1 aromatic rings.